The van der Waals surface area contributed by atoms with E-state index in [1.54, 1.807) is 0 Å². The van der Waals surface area contributed by atoms with Crippen LogP contribution in [0.15, 0.2) is 11.6 Å². The molecule has 0 aromatic carbocycles. The molecule has 3 saturated carbocycles. The maximum absolute atomic E-state index is 14.4. The van der Waals surface area contributed by atoms with E-state index >= 15 is 0 Å². The predicted molar refractivity (Wildman–Crippen MR) is 272 cm³/mol. The van der Waals surface area contributed by atoms with Gasteiger partial charge >= 0.3 is 16.4 Å². The van der Waals surface area contributed by atoms with Gasteiger partial charge in [0.25, 0.3) is 0 Å². The van der Waals surface area contributed by atoms with Crippen molar-refractivity contribution in [3.05, 3.63) is 11.6 Å². The fourth-order valence-electron chi connectivity index (χ4n) is 16.4. The SMILES string of the molecule is CO[C@H]1[C@H](O)[C@@H](O[C@H]2[C@H](O)[C@@H](O[C@@H]3[C@@H](O)[C@H](O)[C@@H](O[C@H]4[C@H](O[C@H]5CC[C@]6(C)C7=C[C@H](O)C89C(=O)O[C@@](C)(CCCC(C)C)C8CC[C@@]9(C)C7CC[C@H]6C5(C)C)OC[C@@H](OS(=O)(=O)O)[C@@H]4O)O[C@H]3C)O[C@@H](CO)[C@@H]2O)O[C@@H](CO)[C@@H]1O. The van der Waals surface area contributed by atoms with Gasteiger partial charge in [0.1, 0.15) is 96.5 Å². The van der Waals surface area contributed by atoms with Crippen LogP contribution in [0.3, 0.4) is 0 Å². The largest absolute Gasteiger partial charge is 0.459 e. The third-order valence-corrected chi connectivity index (χ3v) is 21.1. The van der Waals surface area contributed by atoms with E-state index in [1.807, 2.05) is 6.08 Å². The summed E-state index contributed by atoms with van der Waals surface area (Å²) in [4.78, 5) is 14.4. The Hall–Kier alpha value is -1.68. The molecule has 0 bridgehead atoms. The van der Waals surface area contributed by atoms with Crippen LogP contribution in [0.25, 0.3) is 0 Å². The Morgan fingerprint density at radius 3 is 1.90 bits per heavy atom. The first-order chi connectivity index (χ1) is 37.4. The van der Waals surface area contributed by atoms with Crippen molar-refractivity contribution in [2.24, 2.45) is 45.3 Å². The van der Waals surface area contributed by atoms with E-state index in [-0.39, 0.29) is 23.7 Å². The van der Waals surface area contributed by atoms with Crippen molar-refractivity contribution < 1.29 is 120 Å². The summed E-state index contributed by atoms with van der Waals surface area (Å²) in [5.41, 5.74) is -2.26. The number of carbonyl (C=O) groups is 1. The molecule has 0 aromatic heterocycles. The molecule has 25 nitrogen and oxygen atoms in total. The minimum Gasteiger partial charge on any atom is -0.459 e. The highest BCUT2D eigenvalue weighted by Crippen LogP contribution is 2.76. The highest BCUT2D eigenvalue weighted by molar-refractivity contribution is 7.80. The number of aliphatic hydroxyl groups excluding tert-OH is 10. The van der Waals surface area contributed by atoms with Gasteiger partial charge in [-0.05, 0) is 99.2 Å². The molecule has 28 atom stereocenters. The van der Waals surface area contributed by atoms with Crippen LogP contribution in [0, 0.1) is 45.3 Å². The van der Waals surface area contributed by atoms with Crippen LogP contribution in [0.1, 0.15) is 113 Å². The molecule has 9 aliphatic rings. The van der Waals surface area contributed by atoms with Crippen molar-refractivity contribution in [2.75, 3.05) is 26.9 Å². The molecule has 5 saturated heterocycles. The molecule has 80 heavy (non-hydrogen) atoms. The molecule has 5 heterocycles. The van der Waals surface area contributed by atoms with Crippen molar-refractivity contribution >= 4 is 16.4 Å². The third kappa shape index (κ3) is 10.6. The Bertz CT molecular complexity index is 2330. The van der Waals surface area contributed by atoms with Crippen molar-refractivity contribution in [1.29, 1.82) is 0 Å². The third-order valence-electron chi connectivity index (χ3n) is 20.6. The van der Waals surface area contributed by atoms with Gasteiger partial charge in [-0.1, -0.05) is 59.6 Å². The fourth-order valence-corrected chi connectivity index (χ4v) is 16.9. The number of hydrogen-bond acceptors (Lipinski definition) is 24. The lowest BCUT2D eigenvalue weighted by Gasteiger charge is -2.64. The van der Waals surface area contributed by atoms with Gasteiger partial charge in [-0.2, -0.15) is 8.42 Å². The minimum atomic E-state index is -5.17. The maximum Gasteiger partial charge on any atom is 0.397 e. The zero-order valence-corrected chi connectivity index (χ0v) is 47.9. The van der Waals surface area contributed by atoms with E-state index < -0.39 is 186 Å². The fraction of sp³-hybridized carbons (Fsp3) is 0.944. The van der Waals surface area contributed by atoms with Gasteiger partial charge in [0, 0.05) is 13.0 Å². The summed E-state index contributed by atoms with van der Waals surface area (Å²) in [7, 11) is -3.98. The normalized spacial score (nSPS) is 51.2. The highest BCUT2D eigenvalue weighted by atomic mass is 32.3. The summed E-state index contributed by atoms with van der Waals surface area (Å²) < 4.78 is 98.1. The molecule has 4 aliphatic carbocycles. The number of esters is 1. The van der Waals surface area contributed by atoms with Crippen LogP contribution >= 0.6 is 0 Å². The van der Waals surface area contributed by atoms with Gasteiger partial charge in [0.15, 0.2) is 25.2 Å². The molecular formula is C54H88O25S. The Kier molecular flexibility index (Phi) is 18.2. The summed E-state index contributed by atoms with van der Waals surface area (Å²) in [5.74, 6) is 0.0424. The minimum absolute atomic E-state index is 0.00504. The van der Waals surface area contributed by atoms with Gasteiger partial charge in [0.05, 0.1) is 38.1 Å². The van der Waals surface area contributed by atoms with Crippen LogP contribution in [0.2, 0.25) is 0 Å². The monoisotopic (exact) mass is 1170 g/mol. The molecule has 0 aromatic rings. The van der Waals surface area contributed by atoms with Gasteiger partial charge in [0.2, 0.25) is 0 Å². The van der Waals surface area contributed by atoms with E-state index in [0.29, 0.717) is 18.8 Å². The average Bonchev–Trinajstić information content (AvgIpc) is 2.40. The van der Waals surface area contributed by atoms with Gasteiger partial charge in [-0.25, -0.2) is 4.18 Å². The standard InChI is InChI=1S/C54H88O25S/c1-23(2)11-10-16-53(8)31-14-18-52(7)25-12-13-30-50(4,5)33(15-17-51(30,6)26(25)19-32(57)54(31,52)49(65)78-53)74-48-44(36(60)29(22-70-48)79-80(66,67)68)77-45-38(62)37(61)41(24(3)71-45)75-47-40(64)43(35(59)28(21-56)73-47)76-46-39(63)42(69-9)34(58)27(20-55)72-46/h19,23-25,27-48,55-64H,10-18,20-22H2,1-9H3,(H,66,67,68)/t24-,25?,27-,28-,29+,30-,31?,32-,33-,34-,35-,36-,37-,38-,39-,40-,41-,42+,43+,44+,45+,46+,47+,48-,51+,52-,53-,54?/m0/s1. The lowest BCUT2D eigenvalue weighted by atomic mass is 9.40. The summed E-state index contributed by atoms with van der Waals surface area (Å²) in [6.45, 7) is 14.2. The van der Waals surface area contributed by atoms with Crippen molar-refractivity contribution in [2.45, 2.75) is 248 Å². The van der Waals surface area contributed by atoms with E-state index in [2.05, 4.69) is 48.5 Å². The number of hydrogen-bond donors (Lipinski definition) is 11. The second-order valence-electron chi connectivity index (χ2n) is 25.9. The number of allylic oxidation sites excluding steroid dienone is 1. The van der Waals surface area contributed by atoms with E-state index in [9.17, 15) is 68.8 Å². The average molecular weight is 1170 g/mol. The van der Waals surface area contributed by atoms with E-state index in [0.717, 1.165) is 50.5 Å². The number of aliphatic hydroxyl groups is 10. The molecule has 5 aliphatic heterocycles. The molecule has 26 heteroatoms. The Morgan fingerprint density at radius 2 is 1.29 bits per heavy atom. The zero-order valence-electron chi connectivity index (χ0n) is 47.0. The van der Waals surface area contributed by atoms with Crippen molar-refractivity contribution in [1.82, 2.24) is 0 Å². The Labute approximate surface area is 467 Å². The lowest BCUT2D eigenvalue weighted by Crippen LogP contribution is -2.67. The maximum atomic E-state index is 14.4. The van der Waals surface area contributed by atoms with Crippen LogP contribution in [-0.4, -0.2) is 231 Å². The number of carbonyl (C=O) groups excluding carboxylic acids is 1. The van der Waals surface area contributed by atoms with Gasteiger partial charge < -0.3 is 98.4 Å². The molecule has 3 unspecified atom stereocenters. The zero-order chi connectivity index (χ0) is 58.6. The topological polar surface area (TPSA) is 375 Å². The summed E-state index contributed by atoms with van der Waals surface area (Å²) in [5, 5.41) is 112. The van der Waals surface area contributed by atoms with Crippen LogP contribution < -0.4 is 0 Å². The van der Waals surface area contributed by atoms with Crippen LogP contribution in [0.5, 0.6) is 0 Å². The predicted octanol–water partition coefficient (Wildman–Crippen LogP) is -0.510. The number of methoxy groups -OCH3 is 1. The number of fused-ring (bicyclic) bond motifs is 4. The first-order valence-electron chi connectivity index (χ1n) is 28.4. The number of ether oxygens (including phenoxy) is 10. The second-order valence-corrected chi connectivity index (χ2v) is 26.9. The molecule has 0 radical (unpaired) electrons. The molecule has 9 rings (SSSR count). The molecule has 1 spiro atoms. The van der Waals surface area contributed by atoms with Crippen molar-refractivity contribution in [3.8, 4) is 0 Å². The first kappa shape index (κ1) is 62.8. The number of cyclic esters (lactones) is 1. The Morgan fingerprint density at radius 1 is 0.688 bits per heavy atom. The smallest absolute Gasteiger partial charge is 0.397 e. The first-order valence-corrected chi connectivity index (χ1v) is 29.8. The lowest BCUT2D eigenvalue weighted by molar-refractivity contribution is -0.389. The summed E-state index contributed by atoms with van der Waals surface area (Å²) in [6, 6.07) is 0. The molecular weight excluding hydrogens is 1080 g/mol. The second kappa shape index (κ2) is 23.2. The van der Waals surface area contributed by atoms with Gasteiger partial charge in [-0.15, -0.1) is 0 Å². The van der Waals surface area contributed by atoms with Crippen LogP contribution in [-0.2, 0) is 66.7 Å². The molecule has 8 fully saturated rings. The molecule has 11 N–H and O–H groups in total. The Balaban J connectivity index is 0.904. The highest BCUT2D eigenvalue weighted by Gasteiger charge is 2.79. The quantitative estimate of drug-likeness (QED) is 0.0378. The van der Waals surface area contributed by atoms with E-state index in [1.165, 1.54) is 14.0 Å². The summed E-state index contributed by atoms with van der Waals surface area (Å²) in [6.07, 6.45) is -24.9. The number of rotatable bonds is 17. The molecule has 0 amide bonds. The van der Waals surface area contributed by atoms with Crippen molar-refractivity contribution in [3.63, 3.8) is 0 Å². The van der Waals surface area contributed by atoms with E-state index in [4.69, 9.17) is 51.6 Å². The van der Waals surface area contributed by atoms with Crippen LogP contribution in [0.4, 0.5) is 0 Å². The summed E-state index contributed by atoms with van der Waals surface area (Å²) >= 11 is 0. The molecule has 460 valence electrons. The van der Waals surface area contributed by atoms with Gasteiger partial charge in [-0.3, -0.25) is 9.35 Å².